The van der Waals surface area contributed by atoms with Crippen molar-refractivity contribution in [2.24, 2.45) is 0 Å². The number of phosphoric ester groups is 1. The number of rotatable bonds is 36. The molecule has 0 aliphatic heterocycles. The lowest BCUT2D eigenvalue weighted by Gasteiger charge is -2.25. The van der Waals surface area contributed by atoms with Crippen LogP contribution in [0.25, 0.3) is 0 Å². The van der Waals surface area contributed by atoms with Crippen LogP contribution in [-0.2, 0) is 18.4 Å². The molecule has 0 radical (unpaired) electrons. The van der Waals surface area contributed by atoms with Gasteiger partial charge in [0.05, 0.1) is 39.9 Å². The van der Waals surface area contributed by atoms with E-state index in [2.05, 4.69) is 55.6 Å². The Labute approximate surface area is 320 Å². The molecule has 3 atom stereocenters. The summed E-state index contributed by atoms with van der Waals surface area (Å²) >= 11 is 0. The molecule has 1 amide bonds. The van der Waals surface area contributed by atoms with E-state index in [0.29, 0.717) is 17.4 Å². The Kier molecular flexibility index (Phi) is 33.7. The number of quaternary nitrogens is 1. The second kappa shape index (κ2) is 34.9. The predicted molar refractivity (Wildman–Crippen MR) is 221 cm³/mol. The van der Waals surface area contributed by atoms with E-state index in [0.717, 1.165) is 44.9 Å². The van der Waals surface area contributed by atoms with Crippen molar-refractivity contribution in [3.63, 3.8) is 0 Å². The van der Waals surface area contributed by atoms with Crippen LogP contribution in [0, 0.1) is 0 Å². The lowest BCUT2D eigenvalue weighted by atomic mass is 10.0. The highest BCUT2D eigenvalue weighted by Gasteiger charge is 2.27. The third-order valence-electron chi connectivity index (χ3n) is 8.76. The molecule has 0 rings (SSSR count). The van der Waals surface area contributed by atoms with Gasteiger partial charge in [-0.05, 0) is 44.9 Å². The fraction of sp³-hybridized carbons (Fsp3) is 0.744. The predicted octanol–water partition coefficient (Wildman–Crippen LogP) is 11.1. The Hall–Kier alpha value is -1.80. The van der Waals surface area contributed by atoms with E-state index in [1.165, 1.54) is 83.5 Å². The number of carbonyl (C=O) groups is 1. The average Bonchev–Trinajstić information content (AvgIpc) is 3.09. The Morgan fingerprint density at radius 2 is 1.15 bits per heavy atom. The van der Waals surface area contributed by atoms with Crippen molar-refractivity contribution in [1.29, 1.82) is 0 Å². The number of aliphatic hydroxyl groups is 1. The summed E-state index contributed by atoms with van der Waals surface area (Å²) in [6.07, 6.45) is 44.5. The Bertz CT molecular complexity index is 1030. The van der Waals surface area contributed by atoms with E-state index >= 15 is 0 Å². The van der Waals surface area contributed by atoms with Crippen LogP contribution in [0.1, 0.15) is 155 Å². The van der Waals surface area contributed by atoms with Gasteiger partial charge in [-0.2, -0.15) is 0 Å². The second-order valence-corrected chi connectivity index (χ2v) is 16.4. The largest absolute Gasteiger partial charge is 0.472 e. The number of hydrogen-bond acceptors (Lipinski definition) is 5. The molecule has 8 nitrogen and oxygen atoms in total. The first-order valence-electron chi connectivity index (χ1n) is 20.7. The molecule has 0 saturated carbocycles. The minimum atomic E-state index is -4.35. The van der Waals surface area contributed by atoms with Crippen LogP contribution in [0.2, 0.25) is 0 Å². The van der Waals surface area contributed by atoms with E-state index in [4.69, 9.17) is 9.05 Å². The molecule has 0 saturated heterocycles. The van der Waals surface area contributed by atoms with Gasteiger partial charge in [-0.25, -0.2) is 4.57 Å². The van der Waals surface area contributed by atoms with E-state index in [1.807, 2.05) is 39.4 Å². The van der Waals surface area contributed by atoms with Gasteiger partial charge < -0.3 is 19.8 Å². The number of hydrogen-bond donors (Lipinski definition) is 3. The molecular formula is C43H80N2O6P+. The smallest absolute Gasteiger partial charge is 0.387 e. The van der Waals surface area contributed by atoms with E-state index in [-0.39, 0.29) is 25.5 Å². The highest BCUT2D eigenvalue weighted by atomic mass is 31.2. The van der Waals surface area contributed by atoms with Gasteiger partial charge in [-0.15, -0.1) is 0 Å². The summed E-state index contributed by atoms with van der Waals surface area (Å²) in [4.78, 5) is 23.0. The van der Waals surface area contributed by atoms with Gasteiger partial charge >= 0.3 is 7.82 Å². The highest BCUT2D eigenvalue weighted by Crippen LogP contribution is 2.43. The number of nitrogens with one attached hydrogen (secondary N) is 1. The first kappa shape index (κ1) is 50.2. The normalized spacial score (nSPS) is 15.1. The molecule has 302 valence electrons. The zero-order valence-corrected chi connectivity index (χ0v) is 34.9. The topological polar surface area (TPSA) is 105 Å². The first-order valence-corrected chi connectivity index (χ1v) is 22.2. The minimum Gasteiger partial charge on any atom is -0.387 e. The number of likely N-dealkylation sites (N-methyl/N-ethyl adjacent to an activating group) is 1. The number of unbranched alkanes of at least 4 members (excludes halogenated alkanes) is 15. The number of phosphoric acid groups is 1. The molecule has 0 heterocycles. The molecule has 0 aromatic heterocycles. The van der Waals surface area contributed by atoms with Crippen LogP contribution in [0.3, 0.4) is 0 Å². The van der Waals surface area contributed by atoms with Crippen LogP contribution < -0.4 is 5.32 Å². The standard InChI is InChI=1S/C43H79N2O6P/c1-6-8-10-12-14-16-18-20-21-22-23-25-26-28-30-32-34-36-42(46)41(40-51-52(48,49)50-39-38-45(3,4)5)44-43(47)37-35-33-31-29-27-24-19-17-15-13-11-9-7-2/h9,11,15,17,24,27,31,33-34,36,41-42,46H,6-8,10,12-14,16,18-23,25-26,28-30,32,35,37-40H2,1-5H3,(H-,44,47,48,49)/p+1/b11-9-,17-15-,27-24-,33-31-,36-34+. The molecule has 0 bridgehead atoms. The van der Waals surface area contributed by atoms with Gasteiger partial charge in [0.25, 0.3) is 0 Å². The quantitative estimate of drug-likeness (QED) is 0.0255. The average molecular weight is 752 g/mol. The number of aliphatic hydroxyl groups excluding tert-OH is 1. The van der Waals surface area contributed by atoms with Crippen molar-refractivity contribution in [3.05, 3.63) is 60.8 Å². The summed E-state index contributed by atoms with van der Waals surface area (Å²) in [5, 5.41) is 13.7. The molecule has 0 spiro atoms. The highest BCUT2D eigenvalue weighted by molar-refractivity contribution is 7.47. The molecule has 0 aliphatic carbocycles. The van der Waals surface area contributed by atoms with Crippen LogP contribution in [0.5, 0.6) is 0 Å². The van der Waals surface area contributed by atoms with Crippen molar-refractivity contribution in [3.8, 4) is 0 Å². The molecule has 0 aromatic rings. The Morgan fingerprint density at radius 3 is 1.65 bits per heavy atom. The summed E-state index contributed by atoms with van der Waals surface area (Å²) in [5.41, 5.74) is 0. The van der Waals surface area contributed by atoms with Gasteiger partial charge in [0.15, 0.2) is 0 Å². The third-order valence-corrected chi connectivity index (χ3v) is 9.74. The molecular weight excluding hydrogens is 671 g/mol. The summed E-state index contributed by atoms with van der Waals surface area (Å²) in [6.45, 7) is 4.62. The van der Waals surface area contributed by atoms with Gasteiger partial charge in [0, 0.05) is 6.42 Å². The summed E-state index contributed by atoms with van der Waals surface area (Å²) in [7, 11) is 1.52. The molecule has 0 fully saturated rings. The molecule has 52 heavy (non-hydrogen) atoms. The lowest BCUT2D eigenvalue weighted by molar-refractivity contribution is -0.870. The molecule has 3 N–H and O–H groups in total. The Balaban J connectivity index is 4.58. The van der Waals surface area contributed by atoms with Gasteiger partial charge in [0.2, 0.25) is 5.91 Å². The number of amides is 1. The maximum atomic E-state index is 12.8. The number of allylic oxidation sites excluding steroid dienone is 9. The van der Waals surface area contributed by atoms with E-state index in [1.54, 1.807) is 6.08 Å². The SMILES string of the molecule is CC/C=C\C/C=C\C/C=C\C/C=C\CCC(=O)NC(COP(=O)(O)OCC[N+](C)(C)C)C(O)/C=C/CCCCCCCCCCCCCCCCC. The molecule has 9 heteroatoms. The van der Waals surface area contributed by atoms with Crippen LogP contribution in [-0.4, -0.2) is 73.4 Å². The summed E-state index contributed by atoms with van der Waals surface area (Å²) in [5.74, 6) is -0.260. The van der Waals surface area contributed by atoms with Crippen molar-refractivity contribution in [2.45, 2.75) is 167 Å². The zero-order valence-electron chi connectivity index (χ0n) is 34.0. The monoisotopic (exact) mass is 752 g/mol. The van der Waals surface area contributed by atoms with Crippen LogP contribution >= 0.6 is 7.82 Å². The Morgan fingerprint density at radius 1 is 0.673 bits per heavy atom. The summed E-state index contributed by atoms with van der Waals surface area (Å²) < 4.78 is 23.5. The van der Waals surface area contributed by atoms with Gasteiger partial charge in [-0.3, -0.25) is 13.8 Å². The minimum absolute atomic E-state index is 0.0465. The van der Waals surface area contributed by atoms with Crippen LogP contribution in [0.15, 0.2) is 60.8 Å². The third kappa shape index (κ3) is 36.6. The van der Waals surface area contributed by atoms with Crippen molar-refractivity contribution in [2.75, 3.05) is 40.9 Å². The summed E-state index contributed by atoms with van der Waals surface area (Å²) in [6, 6.07) is -0.885. The first-order chi connectivity index (χ1) is 25.0. The van der Waals surface area contributed by atoms with Gasteiger partial charge in [0.1, 0.15) is 13.2 Å². The number of nitrogens with zero attached hydrogens (tertiary/aromatic N) is 1. The van der Waals surface area contributed by atoms with Crippen molar-refractivity contribution >= 4 is 13.7 Å². The van der Waals surface area contributed by atoms with E-state index in [9.17, 15) is 19.4 Å². The molecule has 3 unspecified atom stereocenters. The fourth-order valence-corrected chi connectivity index (χ4v) is 6.20. The maximum absolute atomic E-state index is 12.8. The van der Waals surface area contributed by atoms with E-state index < -0.39 is 20.0 Å². The lowest BCUT2D eigenvalue weighted by Crippen LogP contribution is -2.45. The maximum Gasteiger partial charge on any atom is 0.472 e. The fourth-order valence-electron chi connectivity index (χ4n) is 5.46. The molecule has 0 aliphatic rings. The zero-order chi connectivity index (χ0) is 38.6. The van der Waals surface area contributed by atoms with Crippen LogP contribution in [0.4, 0.5) is 0 Å². The van der Waals surface area contributed by atoms with Crippen molar-refractivity contribution in [1.82, 2.24) is 5.32 Å². The van der Waals surface area contributed by atoms with Gasteiger partial charge in [-0.1, -0.05) is 164 Å². The number of carbonyl (C=O) groups excluding carboxylic acids is 1. The van der Waals surface area contributed by atoms with Crippen molar-refractivity contribution < 1.29 is 32.9 Å². The second-order valence-electron chi connectivity index (χ2n) is 15.0. The molecule has 0 aromatic carbocycles.